The van der Waals surface area contributed by atoms with E-state index in [1.54, 1.807) is 21.3 Å². The molecule has 2 aromatic rings. The number of ether oxygens (including phenoxy) is 3. The summed E-state index contributed by atoms with van der Waals surface area (Å²) in [6.45, 7) is 0. The maximum absolute atomic E-state index is 13.1. The van der Waals surface area contributed by atoms with E-state index < -0.39 is 0 Å². The lowest BCUT2D eigenvalue weighted by molar-refractivity contribution is -0.113. The SMILES string of the molecule is COc1cc(C2SCC(=O)Nc3c2c(=O)[nH]n3C2CCSCC2)cc(OC)c1OC. The van der Waals surface area contributed by atoms with Crippen molar-refractivity contribution in [3.05, 3.63) is 33.6 Å². The van der Waals surface area contributed by atoms with Gasteiger partial charge in [-0.1, -0.05) is 0 Å². The number of aromatic amines is 1. The number of H-pyrrole nitrogens is 1. The number of anilines is 1. The number of aromatic nitrogens is 2. The maximum atomic E-state index is 13.1. The second kappa shape index (κ2) is 8.89. The van der Waals surface area contributed by atoms with Gasteiger partial charge in [-0.25, -0.2) is 0 Å². The van der Waals surface area contributed by atoms with Crippen molar-refractivity contribution in [2.45, 2.75) is 24.1 Å². The monoisotopic (exact) mass is 451 g/mol. The van der Waals surface area contributed by atoms with Crippen molar-refractivity contribution >= 4 is 35.2 Å². The first-order valence-electron chi connectivity index (χ1n) is 9.70. The number of thioether (sulfide) groups is 2. The molecule has 0 bridgehead atoms. The molecule has 2 N–H and O–H groups in total. The number of amides is 1. The molecular weight excluding hydrogens is 426 g/mol. The number of hydrogen-bond acceptors (Lipinski definition) is 7. The van der Waals surface area contributed by atoms with Gasteiger partial charge in [0.25, 0.3) is 5.56 Å². The highest BCUT2D eigenvalue weighted by Crippen LogP contribution is 2.46. The van der Waals surface area contributed by atoms with E-state index in [9.17, 15) is 9.59 Å². The quantitative estimate of drug-likeness (QED) is 0.721. The van der Waals surface area contributed by atoms with Gasteiger partial charge in [0.15, 0.2) is 11.5 Å². The summed E-state index contributed by atoms with van der Waals surface area (Å²) in [5.41, 5.74) is 1.18. The lowest BCUT2D eigenvalue weighted by atomic mass is 10.0. The summed E-state index contributed by atoms with van der Waals surface area (Å²) in [7, 11) is 4.67. The van der Waals surface area contributed by atoms with Gasteiger partial charge < -0.3 is 19.5 Å². The molecule has 3 heterocycles. The van der Waals surface area contributed by atoms with Gasteiger partial charge in [0.2, 0.25) is 11.7 Å². The molecule has 1 atom stereocenters. The Kier molecular flexibility index (Phi) is 6.24. The first-order chi connectivity index (χ1) is 14.6. The summed E-state index contributed by atoms with van der Waals surface area (Å²) in [6, 6.07) is 3.85. The lowest BCUT2D eigenvalue weighted by Gasteiger charge is -2.24. The first kappa shape index (κ1) is 21.0. The van der Waals surface area contributed by atoms with E-state index in [1.807, 2.05) is 28.6 Å². The fourth-order valence-corrected chi connectivity index (χ4v) is 6.16. The molecule has 1 aromatic heterocycles. The number of fused-ring (bicyclic) bond motifs is 1. The number of nitrogens with one attached hydrogen (secondary N) is 2. The third-order valence-electron chi connectivity index (χ3n) is 5.41. The highest BCUT2D eigenvalue weighted by Gasteiger charge is 2.33. The van der Waals surface area contributed by atoms with Gasteiger partial charge in [0.05, 0.1) is 43.9 Å². The van der Waals surface area contributed by atoms with E-state index in [0.29, 0.717) is 28.6 Å². The molecule has 2 aliphatic rings. The van der Waals surface area contributed by atoms with E-state index in [4.69, 9.17) is 14.2 Å². The van der Waals surface area contributed by atoms with Crippen molar-refractivity contribution in [2.24, 2.45) is 0 Å². The smallest absolute Gasteiger partial charge is 0.270 e. The molecule has 0 radical (unpaired) electrons. The van der Waals surface area contributed by atoms with Gasteiger partial charge in [0, 0.05) is 0 Å². The molecule has 1 amide bonds. The number of rotatable bonds is 5. The van der Waals surface area contributed by atoms with Crippen molar-refractivity contribution < 1.29 is 19.0 Å². The van der Waals surface area contributed by atoms with E-state index in [0.717, 1.165) is 29.9 Å². The van der Waals surface area contributed by atoms with Crippen LogP contribution in [0, 0.1) is 0 Å². The fraction of sp³-hybridized carbons (Fsp3) is 0.500. The van der Waals surface area contributed by atoms with Crippen LogP contribution in [0.25, 0.3) is 0 Å². The van der Waals surface area contributed by atoms with Crippen LogP contribution in [0.1, 0.15) is 35.3 Å². The van der Waals surface area contributed by atoms with Gasteiger partial charge in [-0.05, 0) is 42.0 Å². The predicted molar refractivity (Wildman–Crippen MR) is 120 cm³/mol. The number of benzene rings is 1. The minimum absolute atomic E-state index is 0.117. The molecule has 0 saturated carbocycles. The van der Waals surface area contributed by atoms with Crippen LogP contribution in [0.15, 0.2) is 16.9 Å². The summed E-state index contributed by atoms with van der Waals surface area (Å²) in [4.78, 5) is 25.5. The van der Waals surface area contributed by atoms with Crippen LogP contribution in [0.2, 0.25) is 0 Å². The van der Waals surface area contributed by atoms with E-state index in [-0.39, 0.29) is 28.5 Å². The van der Waals surface area contributed by atoms with Crippen molar-refractivity contribution in [2.75, 3.05) is 43.9 Å². The largest absolute Gasteiger partial charge is 0.493 e. The Balaban J connectivity index is 1.84. The number of nitrogens with zero attached hydrogens (tertiary/aromatic N) is 1. The fourth-order valence-electron chi connectivity index (χ4n) is 3.98. The molecular formula is C20H25N3O5S2. The Labute approximate surface area is 183 Å². The molecule has 30 heavy (non-hydrogen) atoms. The van der Waals surface area contributed by atoms with Crippen LogP contribution in [-0.4, -0.2) is 54.3 Å². The number of hydrogen-bond donors (Lipinski definition) is 2. The summed E-state index contributed by atoms with van der Waals surface area (Å²) in [5.74, 6) is 4.30. The Morgan fingerprint density at radius 1 is 1.03 bits per heavy atom. The van der Waals surface area contributed by atoms with Gasteiger partial charge >= 0.3 is 0 Å². The second-order valence-electron chi connectivity index (χ2n) is 7.11. The second-order valence-corrected chi connectivity index (χ2v) is 9.43. The third kappa shape index (κ3) is 3.78. The van der Waals surface area contributed by atoms with Gasteiger partial charge in [-0.2, -0.15) is 11.8 Å². The van der Waals surface area contributed by atoms with E-state index in [1.165, 1.54) is 11.8 Å². The Morgan fingerprint density at radius 2 is 1.70 bits per heavy atom. The average molecular weight is 452 g/mol. The molecule has 1 fully saturated rings. The molecule has 1 saturated heterocycles. The van der Waals surface area contributed by atoms with Crippen molar-refractivity contribution in [3.63, 3.8) is 0 Å². The third-order valence-corrected chi connectivity index (χ3v) is 7.73. The number of methoxy groups -OCH3 is 3. The van der Waals surface area contributed by atoms with E-state index >= 15 is 0 Å². The minimum atomic E-state index is -0.351. The molecule has 10 heteroatoms. The zero-order valence-corrected chi connectivity index (χ0v) is 18.8. The summed E-state index contributed by atoms with van der Waals surface area (Å²) >= 11 is 3.33. The average Bonchev–Trinajstić information content (AvgIpc) is 2.98. The van der Waals surface area contributed by atoms with Crippen molar-refractivity contribution in [1.29, 1.82) is 0 Å². The Bertz CT molecular complexity index is 972. The summed E-state index contributed by atoms with van der Waals surface area (Å²) in [5, 5.41) is 5.60. The van der Waals surface area contributed by atoms with Crippen LogP contribution in [-0.2, 0) is 4.79 Å². The predicted octanol–water partition coefficient (Wildman–Crippen LogP) is 3.05. The van der Waals surface area contributed by atoms with Crippen LogP contribution < -0.4 is 25.1 Å². The normalized spacial score (nSPS) is 19.6. The molecule has 8 nitrogen and oxygen atoms in total. The standard InChI is InChI=1S/C20H25N3O5S2/c1-26-13-8-11(9-14(27-2)17(13)28-3)18-16-19(21-15(24)10-30-18)23(22-20(16)25)12-4-6-29-7-5-12/h8-9,12,18H,4-7,10H2,1-3H3,(H,21,24)(H,22,25). The zero-order chi connectivity index (χ0) is 21.3. The van der Waals surface area contributed by atoms with Gasteiger partial charge in [-0.15, -0.1) is 11.8 Å². The zero-order valence-electron chi connectivity index (χ0n) is 17.1. The highest BCUT2D eigenvalue weighted by molar-refractivity contribution is 8.00. The number of carbonyl (C=O) groups is 1. The molecule has 162 valence electrons. The topological polar surface area (TPSA) is 94.6 Å². The molecule has 2 aliphatic heterocycles. The maximum Gasteiger partial charge on any atom is 0.270 e. The molecule has 4 rings (SSSR count). The van der Waals surface area contributed by atoms with Crippen LogP contribution in [0.4, 0.5) is 5.82 Å². The molecule has 0 aliphatic carbocycles. The van der Waals surface area contributed by atoms with E-state index in [2.05, 4.69) is 10.4 Å². The Morgan fingerprint density at radius 3 is 2.30 bits per heavy atom. The molecule has 1 unspecified atom stereocenters. The minimum Gasteiger partial charge on any atom is -0.493 e. The van der Waals surface area contributed by atoms with Crippen LogP contribution in [0.3, 0.4) is 0 Å². The molecule has 0 spiro atoms. The Hall–Kier alpha value is -2.20. The van der Waals surface area contributed by atoms with Crippen molar-refractivity contribution in [3.8, 4) is 17.2 Å². The van der Waals surface area contributed by atoms with Gasteiger partial charge in [-0.3, -0.25) is 19.4 Å². The molecule has 1 aromatic carbocycles. The first-order valence-corrected chi connectivity index (χ1v) is 11.9. The van der Waals surface area contributed by atoms with Gasteiger partial charge in [0.1, 0.15) is 5.82 Å². The lowest BCUT2D eigenvalue weighted by Crippen LogP contribution is -2.22. The number of carbonyl (C=O) groups excluding carboxylic acids is 1. The summed E-state index contributed by atoms with van der Waals surface area (Å²) < 4.78 is 18.3. The van der Waals surface area contributed by atoms with Crippen LogP contribution in [0.5, 0.6) is 17.2 Å². The summed E-state index contributed by atoms with van der Waals surface area (Å²) in [6.07, 6.45) is 1.92. The van der Waals surface area contributed by atoms with Crippen LogP contribution >= 0.6 is 23.5 Å². The highest BCUT2D eigenvalue weighted by atomic mass is 32.2. The van der Waals surface area contributed by atoms with Crippen molar-refractivity contribution in [1.82, 2.24) is 9.78 Å².